The molecule has 19 heavy (non-hydrogen) atoms. The van der Waals surface area contributed by atoms with Crippen LogP contribution in [0.25, 0.3) is 0 Å². The van der Waals surface area contributed by atoms with Gasteiger partial charge in [0.15, 0.2) is 0 Å². The SMILES string of the molecule is COCCn1cc(NC(=O)[C@H]2CCO[C@H](C)C2)cn1. The minimum Gasteiger partial charge on any atom is -0.383 e. The van der Waals surface area contributed by atoms with E-state index in [1.165, 1.54) is 0 Å². The largest absolute Gasteiger partial charge is 0.383 e. The Bertz CT molecular complexity index is 419. The maximum atomic E-state index is 12.1. The first-order valence-electron chi connectivity index (χ1n) is 6.63. The molecule has 0 aliphatic carbocycles. The Morgan fingerprint density at radius 2 is 2.53 bits per heavy atom. The van der Waals surface area contributed by atoms with Crippen LogP contribution in [0.3, 0.4) is 0 Å². The summed E-state index contributed by atoms with van der Waals surface area (Å²) in [5.41, 5.74) is 0.736. The number of hydrogen-bond donors (Lipinski definition) is 1. The number of ether oxygens (including phenoxy) is 2. The van der Waals surface area contributed by atoms with Crippen molar-refractivity contribution in [2.45, 2.75) is 32.4 Å². The molecule has 0 bridgehead atoms. The Morgan fingerprint density at radius 1 is 1.68 bits per heavy atom. The molecular formula is C13H21N3O3. The van der Waals surface area contributed by atoms with E-state index in [1.807, 2.05) is 13.1 Å². The van der Waals surface area contributed by atoms with Crippen LogP contribution in [0.1, 0.15) is 19.8 Å². The summed E-state index contributed by atoms with van der Waals surface area (Å²) in [6.07, 6.45) is 5.21. The van der Waals surface area contributed by atoms with Crippen LogP contribution in [0.5, 0.6) is 0 Å². The van der Waals surface area contributed by atoms with Gasteiger partial charge in [-0.2, -0.15) is 5.10 Å². The third-order valence-corrected chi connectivity index (χ3v) is 3.28. The molecule has 0 aromatic carbocycles. The number of anilines is 1. The molecule has 2 heterocycles. The average molecular weight is 267 g/mol. The van der Waals surface area contributed by atoms with Crippen molar-refractivity contribution < 1.29 is 14.3 Å². The van der Waals surface area contributed by atoms with Gasteiger partial charge in [0.1, 0.15) is 0 Å². The summed E-state index contributed by atoms with van der Waals surface area (Å²) in [4.78, 5) is 12.1. The van der Waals surface area contributed by atoms with Crippen molar-refractivity contribution in [1.29, 1.82) is 0 Å². The quantitative estimate of drug-likeness (QED) is 0.873. The Labute approximate surface area is 113 Å². The van der Waals surface area contributed by atoms with Gasteiger partial charge in [-0.25, -0.2) is 0 Å². The Balaban J connectivity index is 1.86. The molecule has 1 aliphatic rings. The smallest absolute Gasteiger partial charge is 0.227 e. The highest BCUT2D eigenvalue weighted by molar-refractivity contribution is 5.92. The molecule has 0 saturated carbocycles. The van der Waals surface area contributed by atoms with Gasteiger partial charge >= 0.3 is 0 Å². The van der Waals surface area contributed by atoms with Gasteiger partial charge in [0.25, 0.3) is 0 Å². The monoisotopic (exact) mass is 267 g/mol. The second kappa shape index (κ2) is 6.68. The maximum absolute atomic E-state index is 12.1. The predicted octanol–water partition coefficient (Wildman–Crippen LogP) is 1.28. The van der Waals surface area contributed by atoms with Crippen LogP contribution in [0.4, 0.5) is 5.69 Å². The number of carbonyl (C=O) groups excluding carboxylic acids is 1. The molecule has 0 spiro atoms. The zero-order chi connectivity index (χ0) is 13.7. The number of aromatic nitrogens is 2. The minimum atomic E-state index is 0.0334. The predicted molar refractivity (Wildman–Crippen MR) is 70.9 cm³/mol. The fraction of sp³-hybridized carbons (Fsp3) is 0.692. The normalized spacial score (nSPS) is 23.3. The molecule has 2 rings (SSSR count). The molecule has 6 nitrogen and oxygen atoms in total. The molecule has 106 valence electrons. The van der Waals surface area contributed by atoms with E-state index in [2.05, 4.69) is 10.4 Å². The summed E-state index contributed by atoms with van der Waals surface area (Å²) in [6.45, 7) is 3.95. The van der Waals surface area contributed by atoms with E-state index in [1.54, 1.807) is 18.0 Å². The summed E-state index contributed by atoms with van der Waals surface area (Å²) in [7, 11) is 1.65. The lowest BCUT2D eigenvalue weighted by Crippen LogP contribution is -2.32. The van der Waals surface area contributed by atoms with E-state index >= 15 is 0 Å². The summed E-state index contributed by atoms with van der Waals surface area (Å²) >= 11 is 0. The molecule has 0 unspecified atom stereocenters. The fourth-order valence-electron chi connectivity index (χ4n) is 2.22. The lowest BCUT2D eigenvalue weighted by atomic mass is 9.95. The maximum Gasteiger partial charge on any atom is 0.227 e. The Hall–Kier alpha value is -1.40. The topological polar surface area (TPSA) is 65.4 Å². The first-order chi connectivity index (χ1) is 9.19. The zero-order valence-corrected chi connectivity index (χ0v) is 11.5. The summed E-state index contributed by atoms with van der Waals surface area (Å²) in [6, 6.07) is 0. The highest BCUT2D eigenvalue weighted by Crippen LogP contribution is 2.21. The minimum absolute atomic E-state index is 0.0334. The number of hydrogen-bond acceptors (Lipinski definition) is 4. The molecule has 1 N–H and O–H groups in total. The number of carbonyl (C=O) groups is 1. The van der Waals surface area contributed by atoms with E-state index in [-0.39, 0.29) is 17.9 Å². The van der Waals surface area contributed by atoms with Crippen LogP contribution in [-0.2, 0) is 20.8 Å². The molecule has 6 heteroatoms. The molecule has 1 fully saturated rings. The van der Waals surface area contributed by atoms with Crippen LogP contribution in [0.15, 0.2) is 12.4 Å². The van der Waals surface area contributed by atoms with Crippen LogP contribution in [0, 0.1) is 5.92 Å². The lowest BCUT2D eigenvalue weighted by molar-refractivity contribution is -0.124. The molecule has 2 atom stereocenters. The highest BCUT2D eigenvalue weighted by Gasteiger charge is 2.25. The molecule has 1 aromatic rings. The number of nitrogens with zero attached hydrogens (tertiary/aromatic N) is 2. The van der Waals surface area contributed by atoms with Gasteiger partial charge < -0.3 is 14.8 Å². The molecule has 1 aliphatic heterocycles. The van der Waals surface area contributed by atoms with Gasteiger partial charge in [0.05, 0.1) is 31.1 Å². The molecule has 0 radical (unpaired) electrons. The molecule has 1 saturated heterocycles. The zero-order valence-electron chi connectivity index (χ0n) is 11.5. The summed E-state index contributed by atoms with van der Waals surface area (Å²) < 4.78 is 12.2. The summed E-state index contributed by atoms with van der Waals surface area (Å²) in [5, 5.41) is 7.07. The van der Waals surface area contributed by atoms with E-state index < -0.39 is 0 Å². The van der Waals surface area contributed by atoms with E-state index in [0.29, 0.717) is 19.8 Å². The van der Waals surface area contributed by atoms with Crippen molar-refractivity contribution in [3.63, 3.8) is 0 Å². The van der Waals surface area contributed by atoms with Crippen molar-refractivity contribution >= 4 is 11.6 Å². The molecule has 1 amide bonds. The Morgan fingerprint density at radius 3 is 3.26 bits per heavy atom. The second-order valence-corrected chi connectivity index (χ2v) is 4.88. The molecular weight excluding hydrogens is 246 g/mol. The first-order valence-corrected chi connectivity index (χ1v) is 6.63. The van der Waals surface area contributed by atoms with Crippen molar-refractivity contribution in [2.75, 3.05) is 25.6 Å². The van der Waals surface area contributed by atoms with Crippen molar-refractivity contribution in [2.24, 2.45) is 5.92 Å². The lowest BCUT2D eigenvalue weighted by Gasteiger charge is -2.26. The molecule has 1 aromatic heterocycles. The van der Waals surface area contributed by atoms with Gasteiger partial charge in [-0.15, -0.1) is 0 Å². The number of nitrogens with one attached hydrogen (secondary N) is 1. The standard InChI is InChI=1S/C13H21N3O3/c1-10-7-11(3-5-19-10)13(17)15-12-8-14-16(9-12)4-6-18-2/h8-11H,3-7H2,1-2H3,(H,15,17)/t10-,11+/m1/s1. The number of amides is 1. The van der Waals surface area contributed by atoms with Gasteiger partial charge in [-0.3, -0.25) is 9.48 Å². The van der Waals surface area contributed by atoms with Crippen LogP contribution < -0.4 is 5.32 Å². The van der Waals surface area contributed by atoms with Gasteiger partial charge in [0.2, 0.25) is 5.91 Å². The van der Waals surface area contributed by atoms with Gasteiger partial charge in [-0.05, 0) is 19.8 Å². The first kappa shape index (κ1) is 14.0. The third kappa shape index (κ3) is 4.04. The third-order valence-electron chi connectivity index (χ3n) is 3.28. The van der Waals surface area contributed by atoms with Crippen molar-refractivity contribution in [3.05, 3.63) is 12.4 Å². The highest BCUT2D eigenvalue weighted by atomic mass is 16.5. The number of methoxy groups -OCH3 is 1. The fourth-order valence-corrected chi connectivity index (χ4v) is 2.22. The van der Waals surface area contributed by atoms with E-state index in [9.17, 15) is 4.79 Å². The van der Waals surface area contributed by atoms with Crippen LogP contribution in [-0.4, -0.2) is 42.1 Å². The van der Waals surface area contributed by atoms with Crippen molar-refractivity contribution in [1.82, 2.24) is 9.78 Å². The Kier molecular flexibility index (Phi) is 4.93. The van der Waals surface area contributed by atoms with E-state index in [4.69, 9.17) is 9.47 Å². The second-order valence-electron chi connectivity index (χ2n) is 4.88. The number of rotatable bonds is 5. The van der Waals surface area contributed by atoms with Crippen molar-refractivity contribution in [3.8, 4) is 0 Å². The average Bonchev–Trinajstić information content (AvgIpc) is 2.84. The van der Waals surface area contributed by atoms with Crippen LogP contribution >= 0.6 is 0 Å². The van der Waals surface area contributed by atoms with Crippen LogP contribution in [0.2, 0.25) is 0 Å². The summed E-state index contributed by atoms with van der Waals surface area (Å²) in [5.74, 6) is 0.0903. The van der Waals surface area contributed by atoms with E-state index in [0.717, 1.165) is 18.5 Å². The van der Waals surface area contributed by atoms with Gasteiger partial charge in [0, 0.05) is 25.8 Å². The van der Waals surface area contributed by atoms with Gasteiger partial charge in [-0.1, -0.05) is 0 Å².